The van der Waals surface area contributed by atoms with Gasteiger partial charge in [0.15, 0.2) is 0 Å². The van der Waals surface area contributed by atoms with E-state index in [1.165, 1.54) is 16.9 Å². The van der Waals surface area contributed by atoms with Gasteiger partial charge in [0.1, 0.15) is 23.7 Å². The maximum Gasteiger partial charge on any atom is 0.251 e. The van der Waals surface area contributed by atoms with Gasteiger partial charge < -0.3 is 19.5 Å². The fraction of sp³-hybridized carbons (Fsp3) is 0.452. The molecule has 0 bridgehead atoms. The number of para-hydroxylation sites is 1. The van der Waals surface area contributed by atoms with Crippen molar-refractivity contribution in [3.8, 4) is 5.75 Å². The van der Waals surface area contributed by atoms with E-state index >= 15 is 0 Å². The second kappa shape index (κ2) is 18.9. The number of ether oxygens (including phenoxy) is 3. The first-order chi connectivity index (χ1) is 24.0. The van der Waals surface area contributed by atoms with Gasteiger partial charge in [-0.25, -0.2) is 0 Å². The Bertz CT molecular complexity index is 1500. The van der Waals surface area contributed by atoms with Crippen molar-refractivity contribution in [3.63, 3.8) is 0 Å². The van der Waals surface area contributed by atoms with Gasteiger partial charge in [-0.05, 0) is 99.3 Å². The molecule has 262 valence electrons. The van der Waals surface area contributed by atoms with Crippen molar-refractivity contribution >= 4 is 23.0 Å². The number of nitrogens with zero attached hydrogens (tertiary/aromatic N) is 2. The van der Waals surface area contributed by atoms with Crippen molar-refractivity contribution < 1.29 is 19.0 Å². The summed E-state index contributed by atoms with van der Waals surface area (Å²) in [4.78, 5) is 16.1. The quantitative estimate of drug-likeness (QED) is 0.123. The van der Waals surface area contributed by atoms with Crippen LogP contribution in [0.25, 0.3) is 5.70 Å². The first-order valence-corrected chi connectivity index (χ1v) is 18.4. The number of unbranched alkanes of at least 4 members (excludes halogenated alkanes) is 1. The summed E-state index contributed by atoms with van der Waals surface area (Å²) in [6.45, 7) is 10.7. The third kappa shape index (κ3) is 10.1. The van der Waals surface area contributed by atoms with Crippen LogP contribution in [-0.4, -0.2) is 70.0 Å². The third-order valence-electron chi connectivity index (χ3n) is 9.78. The van der Waals surface area contributed by atoms with E-state index in [1.807, 2.05) is 18.2 Å². The van der Waals surface area contributed by atoms with Gasteiger partial charge >= 0.3 is 0 Å². The van der Waals surface area contributed by atoms with E-state index in [2.05, 4.69) is 104 Å². The molecule has 1 unspecified atom stereocenters. The Balaban J connectivity index is 1.34. The number of nitrogens with one attached hydrogen (secondary N) is 1. The number of allylic oxidation sites excluding steroid dienone is 2. The first kappa shape index (κ1) is 36.5. The van der Waals surface area contributed by atoms with E-state index in [1.54, 1.807) is 0 Å². The number of carbonyl (C=O) groups is 1. The van der Waals surface area contributed by atoms with Gasteiger partial charge in [-0.1, -0.05) is 50.6 Å². The number of amides is 1. The molecule has 1 N–H and O–H groups in total. The van der Waals surface area contributed by atoms with Crippen molar-refractivity contribution in [1.29, 1.82) is 0 Å². The van der Waals surface area contributed by atoms with Crippen LogP contribution >= 0.6 is 0 Å². The highest BCUT2D eigenvalue weighted by molar-refractivity contribution is 6.04. The zero-order valence-electron chi connectivity index (χ0n) is 29.9. The minimum Gasteiger partial charge on any atom is -0.491 e. The van der Waals surface area contributed by atoms with E-state index < -0.39 is 0 Å². The average molecular weight is 667 g/mol. The molecule has 0 spiro atoms. The Hall–Kier alpha value is -3.75. The van der Waals surface area contributed by atoms with Gasteiger partial charge in [-0.15, -0.1) is 0 Å². The lowest BCUT2D eigenvalue weighted by Gasteiger charge is -2.40. The number of hydrogen-bond donors (Lipinski definition) is 1. The molecule has 1 saturated heterocycles. The topological polar surface area (TPSA) is 60.0 Å². The third-order valence-corrected chi connectivity index (χ3v) is 9.78. The number of hydrogen-bond acceptors (Lipinski definition) is 5. The zero-order chi connectivity index (χ0) is 34.3. The lowest BCUT2D eigenvalue weighted by molar-refractivity contribution is -0.113. The number of rotatable bonds is 16. The normalized spacial score (nSPS) is 18.7. The summed E-state index contributed by atoms with van der Waals surface area (Å²) < 4.78 is 17.9. The molecule has 5 rings (SSSR count). The molecule has 2 aliphatic heterocycles. The molecule has 1 amide bonds. The Morgan fingerprint density at radius 3 is 2.37 bits per heavy atom. The molecule has 3 aromatic carbocycles. The van der Waals surface area contributed by atoms with Crippen LogP contribution in [0.15, 0.2) is 96.6 Å². The molecule has 0 aliphatic carbocycles. The molecule has 1 atom stereocenters. The van der Waals surface area contributed by atoms with E-state index in [0.717, 1.165) is 105 Å². The van der Waals surface area contributed by atoms with Crippen LogP contribution < -0.4 is 14.5 Å². The van der Waals surface area contributed by atoms with Gasteiger partial charge in [-0.3, -0.25) is 14.2 Å². The van der Waals surface area contributed by atoms with Gasteiger partial charge in [0, 0.05) is 61.7 Å². The maximum absolute atomic E-state index is 13.7. The monoisotopic (exact) mass is 666 g/mol. The Labute approximate surface area is 294 Å². The fourth-order valence-electron chi connectivity index (χ4n) is 7.06. The van der Waals surface area contributed by atoms with Crippen LogP contribution in [0.2, 0.25) is 0 Å². The van der Waals surface area contributed by atoms with Gasteiger partial charge in [0.2, 0.25) is 0 Å². The predicted octanol–water partition coefficient (Wildman–Crippen LogP) is 8.61. The largest absolute Gasteiger partial charge is 0.491 e. The second-order valence-corrected chi connectivity index (χ2v) is 13.3. The SMILES string of the molecule is CCCCOCCOc1ccc(C2=CC=C(C(=O)Nc3ccc(CN(C)C4CCOCC4)cc3)CCC[N+]2(CCC)c2ccccc2)cc1. The highest BCUT2D eigenvalue weighted by Gasteiger charge is 2.36. The van der Waals surface area contributed by atoms with Crippen molar-refractivity contribution in [3.05, 3.63) is 108 Å². The van der Waals surface area contributed by atoms with Gasteiger partial charge in [-0.2, -0.15) is 0 Å². The van der Waals surface area contributed by atoms with Crippen LogP contribution in [0.1, 0.15) is 69.9 Å². The van der Waals surface area contributed by atoms with Crippen LogP contribution in [0.3, 0.4) is 0 Å². The van der Waals surface area contributed by atoms with Crippen LogP contribution in [-0.2, 0) is 20.8 Å². The molecule has 3 aromatic rings. The molecular formula is C42H56N3O4+. The smallest absolute Gasteiger partial charge is 0.251 e. The zero-order valence-corrected chi connectivity index (χ0v) is 29.9. The van der Waals surface area contributed by atoms with Gasteiger partial charge in [0.05, 0.1) is 19.7 Å². The van der Waals surface area contributed by atoms with Crippen LogP contribution in [0, 0.1) is 0 Å². The highest BCUT2D eigenvalue weighted by Crippen LogP contribution is 2.38. The molecule has 0 radical (unpaired) electrons. The molecule has 2 aliphatic rings. The molecule has 0 saturated carbocycles. The second-order valence-electron chi connectivity index (χ2n) is 13.3. The van der Waals surface area contributed by atoms with Crippen molar-refractivity contribution in [1.82, 2.24) is 9.38 Å². The van der Waals surface area contributed by atoms with E-state index in [4.69, 9.17) is 14.2 Å². The minimum absolute atomic E-state index is 0.0391. The fourth-order valence-corrected chi connectivity index (χ4v) is 7.06. The summed E-state index contributed by atoms with van der Waals surface area (Å²) in [6.07, 6.45) is 11.2. The first-order valence-electron chi connectivity index (χ1n) is 18.4. The standard InChI is InChI=1S/C42H55N3O4/c1-4-6-28-47-31-32-49-40-21-16-35(17-22-40)41-23-18-36(11-10-27-45(41,26-5-2)39-12-8-7-9-13-39)42(46)43-37-19-14-34(15-20-37)33-44(3)38-24-29-48-30-25-38/h7-9,12-23,38H,4-6,10-11,24-33H2,1-3H3/p+1. The molecule has 2 heterocycles. The number of anilines is 1. The number of quaternary nitrogens is 1. The molecule has 0 aromatic heterocycles. The van der Waals surface area contributed by atoms with Crippen molar-refractivity contribution in [2.24, 2.45) is 0 Å². The summed E-state index contributed by atoms with van der Waals surface area (Å²) in [5.41, 5.74) is 6.44. The lowest BCUT2D eigenvalue weighted by Crippen LogP contribution is -2.49. The number of benzene rings is 3. The summed E-state index contributed by atoms with van der Waals surface area (Å²) in [7, 11) is 2.19. The molecule has 1 fully saturated rings. The Morgan fingerprint density at radius 1 is 0.898 bits per heavy atom. The van der Waals surface area contributed by atoms with E-state index in [0.29, 0.717) is 25.7 Å². The van der Waals surface area contributed by atoms with Crippen LogP contribution in [0.4, 0.5) is 11.4 Å². The summed E-state index contributed by atoms with van der Waals surface area (Å²) in [6, 6.07) is 28.1. The van der Waals surface area contributed by atoms with E-state index in [-0.39, 0.29) is 5.91 Å². The van der Waals surface area contributed by atoms with E-state index in [9.17, 15) is 4.79 Å². The minimum atomic E-state index is -0.0391. The Morgan fingerprint density at radius 2 is 1.65 bits per heavy atom. The molecule has 49 heavy (non-hydrogen) atoms. The van der Waals surface area contributed by atoms with Crippen molar-refractivity contribution in [2.75, 3.05) is 58.5 Å². The summed E-state index contributed by atoms with van der Waals surface area (Å²) >= 11 is 0. The lowest BCUT2D eigenvalue weighted by atomic mass is 9.98. The predicted molar refractivity (Wildman–Crippen MR) is 202 cm³/mol. The highest BCUT2D eigenvalue weighted by atomic mass is 16.5. The maximum atomic E-state index is 13.7. The summed E-state index contributed by atoms with van der Waals surface area (Å²) in [5, 5.41) is 3.18. The molecule has 7 heteroatoms. The van der Waals surface area contributed by atoms with Crippen molar-refractivity contribution in [2.45, 2.75) is 71.4 Å². The number of carbonyl (C=O) groups excluding carboxylic acids is 1. The molecular weight excluding hydrogens is 610 g/mol. The molecule has 7 nitrogen and oxygen atoms in total. The summed E-state index contributed by atoms with van der Waals surface area (Å²) in [5.74, 6) is 0.794. The van der Waals surface area contributed by atoms with Gasteiger partial charge in [0.25, 0.3) is 5.91 Å². The Kier molecular flexibility index (Phi) is 14.1. The van der Waals surface area contributed by atoms with Crippen LogP contribution in [0.5, 0.6) is 5.75 Å². The average Bonchev–Trinajstić information content (AvgIpc) is 3.13.